The van der Waals surface area contributed by atoms with Gasteiger partial charge in [0.1, 0.15) is 17.2 Å². The first-order valence-corrected chi connectivity index (χ1v) is 8.45. The lowest BCUT2D eigenvalue weighted by Gasteiger charge is -2.28. The van der Waals surface area contributed by atoms with Crippen LogP contribution in [-0.2, 0) is 4.74 Å². The van der Waals surface area contributed by atoms with Crippen molar-refractivity contribution < 1.29 is 13.9 Å². The normalized spacial score (nSPS) is 14.4. The molecule has 27 heavy (non-hydrogen) atoms. The third kappa shape index (κ3) is 2.53. The van der Waals surface area contributed by atoms with E-state index in [1.54, 1.807) is 24.5 Å². The molecule has 0 saturated carbocycles. The molecular formula is C19H14FN5O2. The summed E-state index contributed by atoms with van der Waals surface area (Å²) in [5.74, 6) is -0.305. The average Bonchev–Trinajstić information content (AvgIpc) is 3.24. The number of ether oxygens (including phenoxy) is 1. The second-order valence-corrected chi connectivity index (χ2v) is 6.34. The first-order valence-electron chi connectivity index (χ1n) is 8.45. The van der Waals surface area contributed by atoms with Crippen molar-refractivity contribution >= 4 is 11.9 Å². The molecule has 3 aromatic heterocycles. The molecule has 0 atom stereocenters. The summed E-state index contributed by atoms with van der Waals surface area (Å²) < 4.78 is 22.2. The Morgan fingerprint density at radius 1 is 1.11 bits per heavy atom. The number of carbonyl (C=O) groups excluding carboxylic acids is 1. The van der Waals surface area contributed by atoms with Crippen LogP contribution in [0.1, 0.15) is 16.5 Å². The van der Waals surface area contributed by atoms with Crippen molar-refractivity contribution in [3.05, 3.63) is 60.4 Å². The minimum atomic E-state index is -0.305. The molecule has 1 saturated heterocycles. The SMILES string of the molecule is O=Cc1cnc2ccc(-c3c(-c4ccc(F)cc4)ncn3C3COC3)nn12. The number of fused-ring (bicyclic) bond motifs is 1. The molecule has 5 rings (SSSR count). The molecular weight excluding hydrogens is 349 g/mol. The Morgan fingerprint density at radius 2 is 1.93 bits per heavy atom. The van der Waals surface area contributed by atoms with Gasteiger partial charge in [-0.25, -0.2) is 18.9 Å². The van der Waals surface area contributed by atoms with E-state index < -0.39 is 0 Å². The van der Waals surface area contributed by atoms with Gasteiger partial charge in [0.25, 0.3) is 0 Å². The monoisotopic (exact) mass is 363 g/mol. The number of carbonyl (C=O) groups is 1. The van der Waals surface area contributed by atoms with Gasteiger partial charge in [-0.1, -0.05) is 0 Å². The Balaban J connectivity index is 1.72. The molecule has 1 aromatic carbocycles. The minimum Gasteiger partial charge on any atom is -0.377 e. The fraction of sp³-hybridized carbons (Fsp3) is 0.158. The van der Waals surface area contributed by atoms with Crippen LogP contribution >= 0.6 is 0 Å². The van der Waals surface area contributed by atoms with Crippen molar-refractivity contribution in [1.29, 1.82) is 0 Å². The van der Waals surface area contributed by atoms with Crippen LogP contribution in [0.3, 0.4) is 0 Å². The Kier molecular flexibility index (Phi) is 3.58. The van der Waals surface area contributed by atoms with E-state index in [2.05, 4.69) is 15.1 Å². The number of rotatable bonds is 4. The van der Waals surface area contributed by atoms with Gasteiger partial charge in [-0.3, -0.25) is 4.79 Å². The number of nitrogens with zero attached hydrogens (tertiary/aromatic N) is 5. The molecule has 1 fully saturated rings. The zero-order valence-electron chi connectivity index (χ0n) is 14.1. The van der Waals surface area contributed by atoms with Gasteiger partial charge in [0.15, 0.2) is 11.9 Å². The van der Waals surface area contributed by atoms with Crippen LogP contribution in [-0.4, -0.2) is 43.6 Å². The number of aromatic nitrogens is 5. The predicted octanol–water partition coefficient (Wildman–Crippen LogP) is 2.78. The fourth-order valence-electron chi connectivity index (χ4n) is 3.19. The van der Waals surface area contributed by atoms with Gasteiger partial charge < -0.3 is 9.30 Å². The molecule has 4 aromatic rings. The maximum Gasteiger partial charge on any atom is 0.170 e. The van der Waals surface area contributed by atoms with Gasteiger partial charge in [0.2, 0.25) is 0 Å². The van der Waals surface area contributed by atoms with Crippen molar-refractivity contribution in [3.63, 3.8) is 0 Å². The van der Waals surface area contributed by atoms with Crippen LogP contribution < -0.4 is 0 Å². The molecule has 0 N–H and O–H groups in total. The summed E-state index contributed by atoms with van der Waals surface area (Å²) in [6.07, 6.45) is 3.95. The summed E-state index contributed by atoms with van der Waals surface area (Å²) >= 11 is 0. The highest BCUT2D eigenvalue weighted by atomic mass is 19.1. The summed E-state index contributed by atoms with van der Waals surface area (Å²) in [7, 11) is 0. The molecule has 134 valence electrons. The number of imidazole rings is 2. The zero-order valence-corrected chi connectivity index (χ0v) is 14.1. The van der Waals surface area contributed by atoms with Crippen LogP contribution in [0.15, 0.2) is 48.9 Å². The summed E-state index contributed by atoms with van der Waals surface area (Å²) in [5.41, 5.74) is 3.88. The Morgan fingerprint density at radius 3 is 2.63 bits per heavy atom. The third-order valence-electron chi connectivity index (χ3n) is 4.68. The smallest absolute Gasteiger partial charge is 0.170 e. The number of halogens is 1. The van der Waals surface area contributed by atoms with Crippen LogP contribution in [0.2, 0.25) is 0 Å². The molecule has 0 amide bonds. The van der Waals surface area contributed by atoms with Crippen LogP contribution in [0.25, 0.3) is 28.3 Å². The Labute approximate surface area is 153 Å². The first kappa shape index (κ1) is 15.8. The third-order valence-corrected chi connectivity index (χ3v) is 4.68. The topological polar surface area (TPSA) is 74.3 Å². The summed E-state index contributed by atoms with van der Waals surface area (Å²) in [4.78, 5) is 20.0. The number of benzene rings is 1. The lowest BCUT2D eigenvalue weighted by Crippen LogP contribution is -2.30. The first-order chi connectivity index (χ1) is 13.2. The molecule has 8 heteroatoms. The number of hydrogen-bond acceptors (Lipinski definition) is 5. The van der Waals surface area contributed by atoms with Gasteiger partial charge >= 0.3 is 0 Å². The standard InChI is InChI=1S/C19H14FN5O2/c20-13-3-1-12(2-4-13)18-19(24(11-22-18)15-9-27-10-15)16-5-6-17-21-7-14(8-26)25(17)23-16/h1-8,11,15H,9-10H2. The van der Waals surface area contributed by atoms with Crippen molar-refractivity contribution in [1.82, 2.24) is 24.1 Å². The second-order valence-electron chi connectivity index (χ2n) is 6.34. The van der Waals surface area contributed by atoms with E-state index in [1.807, 2.05) is 10.6 Å². The summed E-state index contributed by atoms with van der Waals surface area (Å²) in [6, 6.07) is 10.00. The molecule has 0 aliphatic carbocycles. The summed E-state index contributed by atoms with van der Waals surface area (Å²) in [5, 5.41) is 4.60. The van der Waals surface area contributed by atoms with E-state index in [4.69, 9.17) is 4.74 Å². The van der Waals surface area contributed by atoms with E-state index in [-0.39, 0.29) is 11.9 Å². The minimum absolute atomic E-state index is 0.160. The highest BCUT2D eigenvalue weighted by molar-refractivity contribution is 5.78. The lowest BCUT2D eigenvalue weighted by atomic mass is 10.1. The summed E-state index contributed by atoms with van der Waals surface area (Å²) in [6.45, 7) is 1.19. The molecule has 0 unspecified atom stereocenters. The van der Waals surface area contributed by atoms with E-state index in [9.17, 15) is 9.18 Å². The van der Waals surface area contributed by atoms with Crippen molar-refractivity contribution in [2.75, 3.05) is 13.2 Å². The number of hydrogen-bond donors (Lipinski definition) is 0. The van der Waals surface area contributed by atoms with E-state index in [0.717, 1.165) is 11.3 Å². The van der Waals surface area contributed by atoms with Crippen molar-refractivity contribution in [2.24, 2.45) is 0 Å². The Bertz CT molecular complexity index is 1140. The van der Waals surface area contributed by atoms with Gasteiger partial charge in [-0.2, -0.15) is 5.10 Å². The van der Waals surface area contributed by atoms with Crippen LogP contribution in [0, 0.1) is 5.82 Å². The highest BCUT2D eigenvalue weighted by Gasteiger charge is 2.27. The molecule has 0 radical (unpaired) electrons. The molecule has 7 nitrogen and oxygen atoms in total. The molecule has 1 aliphatic heterocycles. The number of aldehydes is 1. The fourth-order valence-corrected chi connectivity index (χ4v) is 3.19. The maximum absolute atomic E-state index is 13.3. The van der Waals surface area contributed by atoms with Crippen molar-refractivity contribution in [3.8, 4) is 22.6 Å². The maximum atomic E-state index is 13.3. The van der Waals surface area contributed by atoms with Crippen molar-refractivity contribution in [2.45, 2.75) is 6.04 Å². The Hall–Kier alpha value is -3.39. The van der Waals surface area contributed by atoms with Gasteiger partial charge in [-0.05, 0) is 36.4 Å². The molecule has 4 heterocycles. The lowest BCUT2D eigenvalue weighted by molar-refractivity contribution is -0.0226. The molecule has 1 aliphatic rings. The zero-order chi connectivity index (χ0) is 18.4. The van der Waals surface area contributed by atoms with Gasteiger partial charge in [0, 0.05) is 5.56 Å². The van der Waals surface area contributed by atoms with Crippen LogP contribution in [0.4, 0.5) is 4.39 Å². The van der Waals surface area contributed by atoms with E-state index >= 15 is 0 Å². The van der Waals surface area contributed by atoms with E-state index in [0.29, 0.717) is 42.2 Å². The second kappa shape index (κ2) is 6.10. The largest absolute Gasteiger partial charge is 0.377 e. The van der Waals surface area contributed by atoms with Gasteiger partial charge in [0.05, 0.1) is 43.2 Å². The van der Waals surface area contributed by atoms with Gasteiger partial charge in [-0.15, -0.1) is 0 Å². The van der Waals surface area contributed by atoms with Crippen LogP contribution in [0.5, 0.6) is 0 Å². The molecule has 0 bridgehead atoms. The molecule has 0 spiro atoms. The average molecular weight is 363 g/mol. The predicted molar refractivity (Wildman–Crippen MR) is 94.8 cm³/mol. The highest BCUT2D eigenvalue weighted by Crippen LogP contribution is 2.34. The quantitative estimate of drug-likeness (QED) is 0.521. The van der Waals surface area contributed by atoms with E-state index in [1.165, 1.54) is 22.8 Å².